The Hall–Kier alpha value is -0.880. The van der Waals surface area contributed by atoms with Crippen molar-refractivity contribution >= 4 is 34.8 Å². The van der Waals surface area contributed by atoms with Crippen LogP contribution >= 0.6 is 24.0 Å². The van der Waals surface area contributed by atoms with E-state index in [2.05, 4.69) is 21.1 Å². The Labute approximate surface area is 112 Å². The van der Waals surface area contributed by atoms with Crippen LogP contribution in [0.5, 0.6) is 0 Å². The summed E-state index contributed by atoms with van der Waals surface area (Å²) >= 11 is 6.86. The van der Waals surface area contributed by atoms with Crippen LogP contribution in [0.1, 0.15) is 17.8 Å². The molecule has 6 heteroatoms. The molecule has 4 nitrogen and oxygen atoms in total. The molecule has 0 aromatic carbocycles. The molecule has 0 bridgehead atoms. The van der Waals surface area contributed by atoms with Crippen LogP contribution in [0, 0.1) is 6.92 Å². The van der Waals surface area contributed by atoms with Crippen molar-refractivity contribution in [3.05, 3.63) is 17.6 Å². The molecular formula is C11H18N4S2. The molecule has 0 spiro atoms. The lowest BCUT2D eigenvalue weighted by molar-refractivity contribution is 0.834. The van der Waals surface area contributed by atoms with Gasteiger partial charge in [-0.05, 0) is 25.4 Å². The monoisotopic (exact) mass is 270 g/mol. The van der Waals surface area contributed by atoms with E-state index >= 15 is 0 Å². The number of thioether (sulfide) groups is 1. The molecule has 1 heterocycles. The number of aryl methyl sites for hydroxylation is 1. The van der Waals surface area contributed by atoms with Gasteiger partial charge in [-0.2, -0.15) is 11.8 Å². The molecule has 94 valence electrons. The quantitative estimate of drug-likeness (QED) is 0.626. The summed E-state index contributed by atoms with van der Waals surface area (Å²) in [6, 6.07) is 0. The number of nitrogens with two attached hydrogens (primary N) is 1. The standard InChI is InChI=1S/C11H18N4S2/c1-8-13-7-9(10(12)16)11(14-8)15(2)5-4-6-17-3/h7H,4-6H2,1-3H3,(H2,12,16). The van der Waals surface area contributed by atoms with E-state index in [1.54, 1.807) is 6.20 Å². The molecule has 0 aliphatic heterocycles. The Bertz CT molecular complexity index is 395. The van der Waals surface area contributed by atoms with Crippen molar-refractivity contribution in [3.8, 4) is 0 Å². The van der Waals surface area contributed by atoms with Gasteiger partial charge in [-0.25, -0.2) is 9.97 Å². The third kappa shape index (κ3) is 4.12. The van der Waals surface area contributed by atoms with Gasteiger partial charge < -0.3 is 10.6 Å². The predicted octanol–water partition coefficient (Wildman–Crippen LogP) is 1.61. The van der Waals surface area contributed by atoms with E-state index in [1.165, 1.54) is 0 Å². The first-order valence-electron chi connectivity index (χ1n) is 5.39. The highest BCUT2D eigenvalue weighted by atomic mass is 32.2. The van der Waals surface area contributed by atoms with Crippen LogP contribution in [-0.2, 0) is 0 Å². The van der Waals surface area contributed by atoms with E-state index in [4.69, 9.17) is 18.0 Å². The van der Waals surface area contributed by atoms with Crippen LogP contribution in [0.3, 0.4) is 0 Å². The van der Waals surface area contributed by atoms with Gasteiger partial charge in [-0.3, -0.25) is 0 Å². The minimum atomic E-state index is 0.344. The molecule has 0 radical (unpaired) electrons. The minimum Gasteiger partial charge on any atom is -0.389 e. The summed E-state index contributed by atoms with van der Waals surface area (Å²) in [5, 5.41) is 0. The van der Waals surface area contributed by atoms with E-state index in [0.717, 1.165) is 35.9 Å². The molecule has 0 saturated heterocycles. The van der Waals surface area contributed by atoms with Gasteiger partial charge in [0.15, 0.2) is 0 Å². The van der Waals surface area contributed by atoms with Crippen LogP contribution in [0.25, 0.3) is 0 Å². The van der Waals surface area contributed by atoms with E-state index in [0.29, 0.717) is 4.99 Å². The highest BCUT2D eigenvalue weighted by molar-refractivity contribution is 7.98. The summed E-state index contributed by atoms with van der Waals surface area (Å²) < 4.78 is 0. The van der Waals surface area contributed by atoms with Crippen LogP contribution < -0.4 is 10.6 Å². The molecule has 0 aliphatic rings. The maximum absolute atomic E-state index is 5.68. The average Bonchev–Trinajstić information content (AvgIpc) is 2.28. The van der Waals surface area contributed by atoms with Gasteiger partial charge in [0.25, 0.3) is 0 Å². The maximum Gasteiger partial charge on any atom is 0.142 e. The first-order valence-corrected chi connectivity index (χ1v) is 7.20. The fourth-order valence-electron chi connectivity index (χ4n) is 1.47. The molecule has 1 rings (SSSR count). The number of thiocarbonyl (C=S) groups is 1. The number of hydrogen-bond donors (Lipinski definition) is 1. The average molecular weight is 270 g/mol. The fourth-order valence-corrected chi connectivity index (χ4v) is 2.04. The van der Waals surface area contributed by atoms with Crippen molar-refractivity contribution in [2.45, 2.75) is 13.3 Å². The van der Waals surface area contributed by atoms with Crippen molar-refractivity contribution < 1.29 is 0 Å². The molecule has 0 aliphatic carbocycles. The zero-order valence-electron chi connectivity index (χ0n) is 10.4. The van der Waals surface area contributed by atoms with Crippen molar-refractivity contribution in [2.24, 2.45) is 5.73 Å². The van der Waals surface area contributed by atoms with Crippen LogP contribution in [0.4, 0.5) is 5.82 Å². The third-order valence-corrected chi connectivity index (χ3v) is 3.27. The van der Waals surface area contributed by atoms with E-state index < -0.39 is 0 Å². The highest BCUT2D eigenvalue weighted by Gasteiger charge is 2.12. The molecule has 0 unspecified atom stereocenters. The zero-order chi connectivity index (χ0) is 12.8. The molecule has 0 atom stereocenters. The first-order chi connectivity index (χ1) is 8.06. The molecule has 1 aromatic rings. The first kappa shape index (κ1) is 14.2. The summed E-state index contributed by atoms with van der Waals surface area (Å²) in [6.45, 7) is 2.80. The van der Waals surface area contributed by atoms with Crippen LogP contribution in [0.15, 0.2) is 6.20 Å². The Morgan fingerprint density at radius 1 is 1.59 bits per heavy atom. The predicted molar refractivity (Wildman–Crippen MR) is 78.9 cm³/mol. The van der Waals surface area contributed by atoms with E-state index in [9.17, 15) is 0 Å². The van der Waals surface area contributed by atoms with Crippen molar-refractivity contribution in [1.29, 1.82) is 0 Å². The highest BCUT2D eigenvalue weighted by Crippen LogP contribution is 2.16. The Morgan fingerprint density at radius 3 is 2.88 bits per heavy atom. The molecular weight excluding hydrogens is 252 g/mol. The van der Waals surface area contributed by atoms with Gasteiger partial charge in [-0.1, -0.05) is 12.2 Å². The second-order valence-corrected chi connectivity index (χ2v) is 5.21. The van der Waals surface area contributed by atoms with Crippen molar-refractivity contribution in [1.82, 2.24) is 9.97 Å². The van der Waals surface area contributed by atoms with E-state index in [1.807, 2.05) is 25.7 Å². The lowest BCUT2D eigenvalue weighted by Crippen LogP contribution is -2.25. The summed E-state index contributed by atoms with van der Waals surface area (Å²) in [7, 11) is 2.00. The number of anilines is 1. The molecule has 1 aromatic heterocycles. The zero-order valence-corrected chi connectivity index (χ0v) is 12.1. The van der Waals surface area contributed by atoms with Gasteiger partial charge >= 0.3 is 0 Å². The molecule has 0 fully saturated rings. The van der Waals surface area contributed by atoms with Crippen LogP contribution in [-0.4, -0.2) is 40.6 Å². The second-order valence-electron chi connectivity index (χ2n) is 3.79. The Kier molecular flexibility index (Phi) is 5.64. The lowest BCUT2D eigenvalue weighted by atomic mass is 10.2. The summed E-state index contributed by atoms with van der Waals surface area (Å²) in [4.78, 5) is 11.0. The van der Waals surface area contributed by atoms with E-state index in [-0.39, 0.29) is 0 Å². The lowest BCUT2D eigenvalue weighted by Gasteiger charge is -2.20. The van der Waals surface area contributed by atoms with Gasteiger partial charge in [0.1, 0.15) is 16.6 Å². The molecule has 17 heavy (non-hydrogen) atoms. The summed E-state index contributed by atoms with van der Waals surface area (Å²) in [6.07, 6.45) is 4.91. The molecule has 0 saturated carbocycles. The number of hydrogen-bond acceptors (Lipinski definition) is 5. The maximum atomic E-state index is 5.68. The van der Waals surface area contributed by atoms with Crippen LogP contribution in [0.2, 0.25) is 0 Å². The normalized spacial score (nSPS) is 10.3. The van der Waals surface area contributed by atoms with Gasteiger partial charge in [0.05, 0.1) is 5.56 Å². The molecule has 0 amide bonds. The fraction of sp³-hybridized carbons (Fsp3) is 0.545. The van der Waals surface area contributed by atoms with Crippen molar-refractivity contribution in [3.63, 3.8) is 0 Å². The molecule has 2 N–H and O–H groups in total. The largest absolute Gasteiger partial charge is 0.389 e. The summed E-state index contributed by atoms with van der Waals surface area (Å²) in [5.41, 5.74) is 6.43. The number of rotatable bonds is 6. The summed E-state index contributed by atoms with van der Waals surface area (Å²) in [5.74, 6) is 2.69. The Morgan fingerprint density at radius 2 is 2.29 bits per heavy atom. The van der Waals surface area contributed by atoms with Crippen molar-refractivity contribution in [2.75, 3.05) is 30.5 Å². The van der Waals surface area contributed by atoms with Gasteiger partial charge in [-0.15, -0.1) is 0 Å². The smallest absolute Gasteiger partial charge is 0.142 e. The minimum absolute atomic E-state index is 0.344. The Balaban J connectivity index is 2.86. The SMILES string of the molecule is CSCCCN(C)c1nc(C)ncc1C(N)=S. The van der Waals surface area contributed by atoms with Gasteiger partial charge in [0, 0.05) is 19.8 Å². The van der Waals surface area contributed by atoms with Gasteiger partial charge in [0.2, 0.25) is 0 Å². The number of aromatic nitrogens is 2. The topological polar surface area (TPSA) is 55.0 Å². The third-order valence-electron chi connectivity index (χ3n) is 2.36. The second kappa shape index (κ2) is 6.76. The number of nitrogens with zero attached hydrogens (tertiary/aromatic N) is 3.